The third kappa shape index (κ3) is 1.12. The molecule has 2 aliphatic carbocycles. The van der Waals surface area contributed by atoms with Gasteiger partial charge in [0.15, 0.2) is 0 Å². The molecule has 3 nitrogen and oxygen atoms in total. The second-order valence-electron chi connectivity index (χ2n) is 5.77. The van der Waals surface area contributed by atoms with Crippen molar-refractivity contribution in [1.82, 2.24) is 0 Å². The molecule has 84 valence electrons. The zero-order valence-electron chi connectivity index (χ0n) is 9.54. The van der Waals surface area contributed by atoms with E-state index in [4.69, 9.17) is 5.11 Å². The van der Waals surface area contributed by atoms with Crippen molar-refractivity contribution in [3.63, 3.8) is 0 Å². The van der Waals surface area contributed by atoms with Gasteiger partial charge in [-0.3, -0.25) is 9.59 Å². The quantitative estimate of drug-likeness (QED) is 0.759. The average Bonchev–Trinajstić information content (AvgIpc) is 2.40. The van der Waals surface area contributed by atoms with E-state index in [1.54, 1.807) is 0 Å². The number of ketones is 1. The van der Waals surface area contributed by atoms with Crippen LogP contribution in [0.1, 0.15) is 40.0 Å². The first-order chi connectivity index (χ1) is 6.80. The van der Waals surface area contributed by atoms with E-state index in [2.05, 4.69) is 13.8 Å². The normalized spacial score (nSPS) is 42.2. The topological polar surface area (TPSA) is 54.4 Å². The first-order valence-electron chi connectivity index (χ1n) is 5.57. The Hall–Kier alpha value is -0.860. The smallest absolute Gasteiger partial charge is 0.304 e. The van der Waals surface area contributed by atoms with Gasteiger partial charge in [0, 0.05) is 11.3 Å². The molecule has 3 atom stereocenters. The number of carboxylic acids is 1. The molecule has 2 rings (SSSR count). The van der Waals surface area contributed by atoms with Gasteiger partial charge in [0.05, 0.1) is 6.42 Å². The first kappa shape index (κ1) is 10.7. The van der Waals surface area contributed by atoms with Crippen LogP contribution in [0, 0.1) is 22.7 Å². The summed E-state index contributed by atoms with van der Waals surface area (Å²) in [5.74, 6) is -0.631. The highest BCUT2D eigenvalue weighted by atomic mass is 16.4. The maximum Gasteiger partial charge on any atom is 0.304 e. The van der Waals surface area contributed by atoms with Gasteiger partial charge in [-0.2, -0.15) is 0 Å². The summed E-state index contributed by atoms with van der Waals surface area (Å²) in [6.07, 6.45) is 1.95. The maximum absolute atomic E-state index is 12.2. The van der Waals surface area contributed by atoms with E-state index in [1.165, 1.54) is 0 Å². The second kappa shape index (κ2) is 2.83. The summed E-state index contributed by atoms with van der Waals surface area (Å²) in [5, 5.41) is 8.82. The zero-order chi connectivity index (χ0) is 11.4. The fourth-order valence-electron chi connectivity index (χ4n) is 3.70. The minimum absolute atomic E-state index is 0.0164. The predicted octanol–water partition coefficient (Wildman–Crippen LogP) is 2.10. The number of hydrogen-bond donors (Lipinski definition) is 1. The number of carbonyl (C=O) groups excluding carboxylic acids is 1. The SMILES string of the molecule is CC1(C)[C@H]2CC[C@]1(C)C(=O)[C@H]2CC(=O)O. The minimum atomic E-state index is -0.847. The van der Waals surface area contributed by atoms with E-state index in [0.717, 1.165) is 12.8 Å². The predicted molar refractivity (Wildman–Crippen MR) is 55.4 cm³/mol. The number of carboxylic acid groups (broad SMARTS) is 1. The summed E-state index contributed by atoms with van der Waals surface area (Å²) < 4.78 is 0. The van der Waals surface area contributed by atoms with Crippen molar-refractivity contribution in [2.24, 2.45) is 22.7 Å². The van der Waals surface area contributed by atoms with Crippen LogP contribution in [0.3, 0.4) is 0 Å². The zero-order valence-corrected chi connectivity index (χ0v) is 9.54. The lowest BCUT2D eigenvalue weighted by molar-refractivity contribution is -0.142. The Kier molecular flexibility index (Phi) is 2.01. The van der Waals surface area contributed by atoms with Gasteiger partial charge in [0.2, 0.25) is 0 Å². The number of Topliss-reactive ketones (excluding diaryl/α,β-unsaturated/α-hetero) is 1. The highest BCUT2D eigenvalue weighted by molar-refractivity contribution is 5.93. The molecule has 2 aliphatic rings. The van der Waals surface area contributed by atoms with Crippen molar-refractivity contribution in [2.75, 3.05) is 0 Å². The van der Waals surface area contributed by atoms with Crippen LogP contribution >= 0.6 is 0 Å². The van der Waals surface area contributed by atoms with Crippen molar-refractivity contribution < 1.29 is 14.7 Å². The molecule has 0 aliphatic heterocycles. The highest BCUT2D eigenvalue weighted by Gasteiger charge is 2.66. The van der Waals surface area contributed by atoms with Gasteiger partial charge >= 0.3 is 5.97 Å². The van der Waals surface area contributed by atoms with E-state index in [-0.39, 0.29) is 34.9 Å². The molecule has 1 N–H and O–H groups in total. The molecule has 0 amide bonds. The van der Waals surface area contributed by atoms with Crippen LogP contribution in [0.25, 0.3) is 0 Å². The van der Waals surface area contributed by atoms with Crippen LogP contribution in [0.5, 0.6) is 0 Å². The summed E-state index contributed by atoms with van der Waals surface area (Å²) in [6, 6.07) is 0. The van der Waals surface area contributed by atoms with Crippen LogP contribution in [0.2, 0.25) is 0 Å². The summed E-state index contributed by atoms with van der Waals surface area (Å²) in [4.78, 5) is 22.9. The molecule has 0 radical (unpaired) electrons. The first-order valence-corrected chi connectivity index (χ1v) is 5.57. The van der Waals surface area contributed by atoms with Gasteiger partial charge in [-0.05, 0) is 24.2 Å². The van der Waals surface area contributed by atoms with E-state index in [0.29, 0.717) is 0 Å². The van der Waals surface area contributed by atoms with E-state index in [9.17, 15) is 9.59 Å². The minimum Gasteiger partial charge on any atom is -0.481 e. The molecule has 2 saturated carbocycles. The van der Waals surface area contributed by atoms with Crippen molar-refractivity contribution in [3.8, 4) is 0 Å². The molecule has 3 heteroatoms. The molecule has 0 aromatic carbocycles. The largest absolute Gasteiger partial charge is 0.481 e. The Bertz CT molecular complexity index is 332. The number of hydrogen-bond acceptors (Lipinski definition) is 2. The Morgan fingerprint density at radius 1 is 1.47 bits per heavy atom. The highest BCUT2D eigenvalue weighted by Crippen LogP contribution is 2.66. The van der Waals surface area contributed by atoms with Gasteiger partial charge in [-0.15, -0.1) is 0 Å². The molecule has 0 saturated heterocycles. The van der Waals surface area contributed by atoms with Gasteiger partial charge in [0.25, 0.3) is 0 Å². The fourth-order valence-corrected chi connectivity index (χ4v) is 3.70. The number of aliphatic carboxylic acids is 1. The van der Waals surface area contributed by atoms with Gasteiger partial charge in [-0.1, -0.05) is 20.8 Å². The summed E-state index contributed by atoms with van der Waals surface area (Å²) in [7, 11) is 0. The average molecular weight is 210 g/mol. The van der Waals surface area contributed by atoms with Crippen molar-refractivity contribution in [1.29, 1.82) is 0 Å². The molecule has 0 spiro atoms. The van der Waals surface area contributed by atoms with E-state index >= 15 is 0 Å². The molecule has 0 unspecified atom stereocenters. The molecule has 0 aromatic heterocycles. The van der Waals surface area contributed by atoms with E-state index < -0.39 is 5.97 Å². The number of fused-ring (bicyclic) bond motifs is 2. The molecule has 0 aromatic rings. The lowest BCUT2D eigenvalue weighted by atomic mass is 9.70. The standard InChI is InChI=1S/C12H18O3/c1-11(2)8-4-5-12(11,3)10(15)7(8)6-9(13)14/h7-8H,4-6H2,1-3H3,(H,13,14)/t7-,8-,12+/m0/s1. The van der Waals surface area contributed by atoms with Crippen LogP contribution < -0.4 is 0 Å². The lowest BCUT2D eigenvalue weighted by Gasteiger charge is -2.32. The summed E-state index contributed by atoms with van der Waals surface area (Å²) >= 11 is 0. The third-order valence-electron chi connectivity index (χ3n) is 5.07. The van der Waals surface area contributed by atoms with E-state index in [1.807, 2.05) is 6.92 Å². The third-order valence-corrected chi connectivity index (χ3v) is 5.07. The number of rotatable bonds is 2. The molecule has 0 heterocycles. The van der Waals surface area contributed by atoms with Crippen LogP contribution in [0.4, 0.5) is 0 Å². The molecule has 2 fully saturated rings. The van der Waals surface area contributed by atoms with Crippen molar-refractivity contribution >= 4 is 11.8 Å². The molecule has 15 heavy (non-hydrogen) atoms. The summed E-state index contributed by atoms with van der Waals surface area (Å²) in [6.45, 7) is 6.24. The van der Waals surface area contributed by atoms with Crippen LogP contribution in [0.15, 0.2) is 0 Å². The van der Waals surface area contributed by atoms with Gasteiger partial charge in [0.1, 0.15) is 5.78 Å². The Balaban J connectivity index is 2.34. The summed E-state index contributed by atoms with van der Waals surface area (Å²) in [5.41, 5.74) is -0.304. The van der Waals surface area contributed by atoms with Crippen molar-refractivity contribution in [3.05, 3.63) is 0 Å². The Labute approximate surface area is 89.9 Å². The Morgan fingerprint density at radius 2 is 2.07 bits per heavy atom. The fraction of sp³-hybridized carbons (Fsp3) is 0.833. The van der Waals surface area contributed by atoms with Crippen molar-refractivity contribution in [2.45, 2.75) is 40.0 Å². The second-order valence-corrected chi connectivity index (χ2v) is 5.77. The van der Waals surface area contributed by atoms with Crippen LogP contribution in [-0.2, 0) is 9.59 Å². The van der Waals surface area contributed by atoms with Crippen LogP contribution in [-0.4, -0.2) is 16.9 Å². The Morgan fingerprint density at radius 3 is 2.47 bits per heavy atom. The maximum atomic E-state index is 12.2. The molecular formula is C12H18O3. The monoisotopic (exact) mass is 210 g/mol. The molecule has 2 bridgehead atoms. The lowest BCUT2D eigenvalue weighted by Crippen LogP contribution is -2.33. The van der Waals surface area contributed by atoms with Gasteiger partial charge in [-0.25, -0.2) is 0 Å². The number of carbonyl (C=O) groups is 2. The molecular weight excluding hydrogens is 192 g/mol. The van der Waals surface area contributed by atoms with Gasteiger partial charge < -0.3 is 5.11 Å².